The minimum Gasteiger partial charge on any atom is -0.359 e. The summed E-state index contributed by atoms with van der Waals surface area (Å²) < 4.78 is 4.55. The maximum absolute atomic E-state index is 12.4. The molecule has 152 valence electrons. The monoisotopic (exact) mass is 418 g/mol. The molecule has 0 N–H and O–H groups in total. The Bertz CT molecular complexity index is 1100. The van der Waals surface area contributed by atoms with Gasteiger partial charge in [-0.15, -0.1) is 0 Å². The van der Waals surface area contributed by atoms with Gasteiger partial charge in [-0.25, -0.2) is 0 Å². The number of piperazine rings is 1. The summed E-state index contributed by atoms with van der Waals surface area (Å²) >= 11 is 1.58. The summed E-state index contributed by atoms with van der Waals surface area (Å²) in [6.45, 7) is 5.03. The van der Waals surface area contributed by atoms with Gasteiger partial charge in [0.2, 0.25) is 0 Å². The molecule has 0 atom stereocenters. The molecule has 2 aromatic carbocycles. The molecule has 0 aliphatic carbocycles. The molecule has 6 nitrogen and oxygen atoms in total. The number of benzene rings is 2. The summed E-state index contributed by atoms with van der Waals surface area (Å²) in [5, 5.41) is 2.49. The first-order chi connectivity index (χ1) is 14.7. The molecule has 0 spiro atoms. The van der Waals surface area contributed by atoms with Crippen molar-refractivity contribution in [2.75, 3.05) is 44.2 Å². The highest BCUT2D eigenvalue weighted by atomic mass is 32.1. The number of nitrogens with zero attached hydrogens (tertiary/aromatic N) is 4. The Kier molecular flexibility index (Phi) is 5.06. The first-order valence-corrected chi connectivity index (χ1v) is 10.9. The van der Waals surface area contributed by atoms with E-state index in [1.807, 2.05) is 12.1 Å². The van der Waals surface area contributed by atoms with Crippen LogP contribution in [0.1, 0.15) is 20.7 Å². The zero-order valence-electron chi connectivity index (χ0n) is 16.5. The van der Waals surface area contributed by atoms with Gasteiger partial charge in [0.05, 0.1) is 16.6 Å². The Labute approximate surface area is 179 Å². The van der Waals surface area contributed by atoms with Gasteiger partial charge in [-0.2, -0.15) is 4.37 Å². The first-order valence-electron chi connectivity index (χ1n) is 10.1. The van der Waals surface area contributed by atoms with Crippen molar-refractivity contribution in [1.82, 2.24) is 14.2 Å². The molecule has 1 fully saturated rings. The second-order valence-corrected chi connectivity index (χ2v) is 8.28. The van der Waals surface area contributed by atoms with Gasteiger partial charge < -0.3 is 4.90 Å². The van der Waals surface area contributed by atoms with E-state index >= 15 is 0 Å². The summed E-state index contributed by atoms with van der Waals surface area (Å²) in [7, 11) is 0. The number of fused-ring (bicyclic) bond motifs is 2. The quantitative estimate of drug-likeness (QED) is 0.470. The zero-order valence-corrected chi connectivity index (χ0v) is 17.3. The van der Waals surface area contributed by atoms with Crippen LogP contribution in [-0.4, -0.2) is 65.3 Å². The largest absolute Gasteiger partial charge is 0.359 e. The van der Waals surface area contributed by atoms with Crippen LogP contribution < -0.4 is 4.90 Å². The number of hydrogen-bond acceptors (Lipinski definition) is 6. The van der Waals surface area contributed by atoms with Crippen LogP contribution in [0.3, 0.4) is 0 Å². The van der Waals surface area contributed by atoms with Gasteiger partial charge in [0.25, 0.3) is 11.8 Å². The summed E-state index contributed by atoms with van der Waals surface area (Å²) in [4.78, 5) is 30.9. The van der Waals surface area contributed by atoms with E-state index in [-0.39, 0.29) is 11.8 Å². The highest BCUT2D eigenvalue weighted by Crippen LogP contribution is 2.31. The molecule has 0 unspecified atom stereocenters. The van der Waals surface area contributed by atoms with Crippen LogP contribution in [-0.2, 0) is 0 Å². The predicted molar refractivity (Wildman–Crippen MR) is 119 cm³/mol. The molecule has 3 aromatic rings. The third kappa shape index (κ3) is 3.40. The minimum atomic E-state index is -0.203. The zero-order chi connectivity index (χ0) is 20.5. The summed E-state index contributed by atoms with van der Waals surface area (Å²) in [6.07, 6.45) is 3.98. The fourth-order valence-electron chi connectivity index (χ4n) is 4.05. The van der Waals surface area contributed by atoms with Gasteiger partial charge in [0.1, 0.15) is 5.00 Å². The minimum absolute atomic E-state index is 0.203. The standard InChI is InChI=1S/C23H22N4O2S/c28-21-17-7-1-2-8-18(17)22(29)27(21)12-6-5-11-25-13-15-26(16-14-25)23-19-9-3-4-10-20(19)24-30-23/h1-10H,11-16H2/b6-5-. The highest BCUT2D eigenvalue weighted by molar-refractivity contribution is 7.11. The van der Waals surface area contributed by atoms with Gasteiger partial charge in [-0.1, -0.05) is 36.4 Å². The molecule has 2 amide bonds. The molecule has 1 aromatic heterocycles. The van der Waals surface area contributed by atoms with E-state index in [0.29, 0.717) is 17.7 Å². The Morgan fingerprint density at radius 1 is 0.833 bits per heavy atom. The topological polar surface area (TPSA) is 56.8 Å². The lowest BCUT2D eigenvalue weighted by Crippen LogP contribution is -2.46. The molecule has 3 heterocycles. The number of carbonyl (C=O) groups excluding carboxylic acids is 2. The molecule has 2 aliphatic rings. The van der Waals surface area contributed by atoms with Crippen molar-refractivity contribution < 1.29 is 9.59 Å². The van der Waals surface area contributed by atoms with E-state index in [2.05, 4.69) is 38.4 Å². The van der Waals surface area contributed by atoms with Crippen molar-refractivity contribution in [2.24, 2.45) is 0 Å². The second kappa shape index (κ2) is 8.01. The van der Waals surface area contributed by atoms with E-state index in [1.165, 1.54) is 15.3 Å². The lowest BCUT2D eigenvalue weighted by atomic mass is 10.1. The number of aromatic nitrogens is 1. The molecule has 7 heteroatoms. The van der Waals surface area contributed by atoms with E-state index in [1.54, 1.807) is 35.8 Å². The van der Waals surface area contributed by atoms with Crippen molar-refractivity contribution in [3.05, 3.63) is 71.8 Å². The molecule has 0 radical (unpaired) electrons. The van der Waals surface area contributed by atoms with Gasteiger partial charge in [-0.3, -0.25) is 19.4 Å². The molecule has 30 heavy (non-hydrogen) atoms. The van der Waals surface area contributed by atoms with Crippen LogP contribution >= 0.6 is 11.5 Å². The van der Waals surface area contributed by atoms with Crippen LogP contribution in [0.5, 0.6) is 0 Å². The Morgan fingerprint density at radius 2 is 1.47 bits per heavy atom. The number of hydrogen-bond donors (Lipinski definition) is 0. The van der Waals surface area contributed by atoms with E-state index in [4.69, 9.17) is 0 Å². The Balaban J connectivity index is 1.13. The lowest BCUT2D eigenvalue weighted by molar-refractivity contribution is 0.0672. The lowest BCUT2D eigenvalue weighted by Gasteiger charge is -2.34. The Hall–Kier alpha value is -3.03. The molecular weight excluding hydrogens is 396 g/mol. The molecule has 2 aliphatic heterocycles. The summed E-state index contributed by atoms with van der Waals surface area (Å²) in [6, 6.07) is 15.3. The number of carbonyl (C=O) groups is 2. The van der Waals surface area contributed by atoms with Crippen molar-refractivity contribution in [3.8, 4) is 0 Å². The maximum atomic E-state index is 12.4. The summed E-state index contributed by atoms with van der Waals surface area (Å²) in [5.74, 6) is -0.406. The van der Waals surface area contributed by atoms with Gasteiger partial charge in [0, 0.05) is 44.7 Å². The number of anilines is 1. The molecule has 5 rings (SSSR count). The van der Waals surface area contributed by atoms with E-state index < -0.39 is 0 Å². The molecule has 1 saturated heterocycles. The van der Waals surface area contributed by atoms with Crippen molar-refractivity contribution in [3.63, 3.8) is 0 Å². The highest BCUT2D eigenvalue weighted by Gasteiger charge is 2.34. The fourth-order valence-corrected chi connectivity index (χ4v) is 4.96. The third-order valence-electron chi connectivity index (χ3n) is 5.72. The SMILES string of the molecule is O=C1c2ccccc2C(=O)N1C/C=C\CN1CCN(c2snc3ccccc23)CC1. The number of rotatable bonds is 5. The normalized spacial score (nSPS) is 17.5. The fraction of sp³-hybridized carbons (Fsp3) is 0.261. The molecular formula is C23H22N4O2S. The number of imide groups is 1. The van der Waals surface area contributed by atoms with Crippen molar-refractivity contribution >= 4 is 39.3 Å². The van der Waals surface area contributed by atoms with Crippen molar-refractivity contribution in [1.29, 1.82) is 0 Å². The van der Waals surface area contributed by atoms with Gasteiger partial charge in [0.15, 0.2) is 0 Å². The van der Waals surface area contributed by atoms with E-state index in [9.17, 15) is 9.59 Å². The average Bonchev–Trinajstić information content (AvgIpc) is 3.32. The van der Waals surface area contributed by atoms with Crippen LogP contribution in [0.2, 0.25) is 0 Å². The first kappa shape index (κ1) is 19.0. The van der Waals surface area contributed by atoms with Crippen LogP contribution in [0, 0.1) is 0 Å². The summed E-state index contributed by atoms with van der Waals surface area (Å²) in [5.41, 5.74) is 2.07. The number of amides is 2. The van der Waals surface area contributed by atoms with Gasteiger partial charge >= 0.3 is 0 Å². The van der Waals surface area contributed by atoms with Crippen molar-refractivity contribution in [2.45, 2.75) is 0 Å². The second-order valence-electron chi connectivity index (χ2n) is 7.53. The van der Waals surface area contributed by atoms with Crippen LogP contribution in [0.4, 0.5) is 5.00 Å². The molecule has 0 bridgehead atoms. The molecule has 0 saturated carbocycles. The third-order valence-corrected chi connectivity index (χ3v) is 6.66. The van der Waals surface area contributed by atoms with Crippen LogP contribution in [0.15, 0.2) is 60.7 Å². The Morgan fingerprint density at radius 3 is 2.20 bits per heavy atom. The predicted octanol–water partition coefficient (Wildman–Crippen LogP) is 3.27. The van der Waals surface area contributed by atoms with Gasteiger partial charge in [-0.05, 0) is 35.8 Å². The smallest absolute Gasteiger partial charge is 0.261 e. The van der Waals surface area contributed by atoms with E-state index in [0.717, 1.165) is 38.2 Å². The maximum Gasteiger partial charge on any atom is 0.261 e. The average molecular weight is 419 g/mol. The van der Waals surface area contributed by atoms with Crippen LogP contribution in [0.25, 0.3) is 10.9 Å².